The largest absolute Gasteiger partial charge is 0.334 e. The number of aromatic nitrogens is 1. The molecule has 0 radical (unpaired) electrons. The standard InChI is InChI=1S/C19H27N3OS/c1-3-8-16(12-15-9-6-5-7-10-15)22(11-4-2)19(23)17-14-24-18(13-20)21-17/h5-7,9-10,14,16H,3-4,8,11-13,20H2,1-2H3. The average molecular weight is 346 g/mol. The van der Waals surface area contributed by atoms with Gasteiger partial charge < -0.3 is 10.6 Å². The van der Waals surface area contributed by atoms with Gasteiger partial charge in [-0.05, 0) is 24.8 Å². The van der Waals surface area contributed by atoms with Gasteiger partial charge in [0.2, 0.25) is 0 Å². The Hall–Kier alpha value is -1.72. The maximum atomic E-state index is 13.0. The summed E-state index contributed by atoms with van der Waals surface area (Å²) in [6, 6.07) is 10.6. The third kappa shape index (κ3) is 4.89. The predicted octanol–water partition coefficient (Wildman–Crippen LogP) is 3.87. The highest BCUT2D eigenvalue weighted by molar-refractivity contribution is 7.09. The van der Waals surface area contributed by atoms with Crippen LogP contribution in [0.4, 0.5) is 0 Å². The molecule has 1 atom stereocenters. The molecule has 1 unspecified atom stereocenters. The van der Waals surface area contributed by atoms with Crippen molar-refractivity contribution < 1.29 is 4.79 Å². The molecule has 4 nitrogen and oxygen atoms in total. The first-order valence-electron chi connectivity index (χ1n) is 8.68. The van der Waals surface area contributed by atoms with Gasteiger partial charge in [-0.25, -0.2) is 4.98 Å². The molecule has 1 amide bonds. The van der Waals surface area contributed by atoms with Crippen LogP contribution in [0.3, 0.4) is 0 Å². The third-order valence-corrected chi connectivity index (χ3v) is 4.92. The minimum atomic E-state index is 0.0298. The summed E-state index contributed by atoms with van der Waals surface area (Å²) in [6.45, 7) is 5.42. The molecular formula is C19H27N3OS. The summed E-state index contributed by atoms with van der Waals surface area (Å²) in [5.41, 5.74) is 7.43. The number of thiazole rings is 1. The first-order chi connectivity index (χ1) is 11.7. The highest BCUT2D eigenvalue weighted by atomic mass is 32.1. The first kappa shape index (κ1) is 18.6. The SMILES string of the molecule is CCCC(Cc1ccccc1)N(CCC)C(=O)c1csc(CN)n1. The Morgan fingerprint density at radius 2 is 2.00 bits per heavy atom. The molecule has 1 heterocycles. The van der Waals surface area contributed by atoms with Gasteiger partial charge in [0.15, 0.2) is 0 Å². The Balaban J connectivity index is 2.21. The Kier molecular flexibility index (Phi) is 7.40. The normalized spacial score (nSPS) is 12.1. The molecule has 0 spiro atoms. The van der Waals surface area contributed by atoms with Crippen molar-refractivity contribution in [3.8, 4) is 0 Å². The molecule has 2 rings (SSSR count). The topological polar surface area (TPSA) is 59.2 Å². The zero-order valence-corrected chi connectivity index (χ0v) is 15.4. The van der Waals surface area contributed by atoms with Crippen LogP contribution in [-0.4, -0.2) is 28.4 Å². The van der Waals surface area contributed by atoms with E-state index in [1.54, 1.807) is 0 Å². The molecule has 0 aliphatic rings. The van der Waals surface area contributed by atoms with E-state index in [0.29, 0.717) is 12.2 Å². The molecule has 0 fully saturated rings. The number of amides is 1. The fraction of sp³-hybridized carbons (Fsp3) is 0.474. The van der Waals surface area contributed by atoms with Crippen LogP contribution in [0.15, 0.2) is 35.7 Å². The fourth-order valence-electron chi connectivity index (χ4n) is 2.93. The van der Waals surface area contributed by atoms with Gasteiger partial charge >= 0.3 is 0 Å². The van der Waals surface area contributed by atoms with E-state index in [1.807, 2.05) is 16.3 Å². The Morgan fingerprint density at radius 3 is 2.58 bits per heavy atom. The molecule has 1 aromatic heterocycles. The van der Waals surface area contributed by atoms with Crippen molar-refractivity contribution in [3.05, 3.63) is 52.0 Å². The number of rotatable bonds is 9. The van der Waals surface area contributed by atoms with Crippen LogP contribution in [0.25, 0.3) is 0 Å². The van der Waals surface area contributed by atoms with Gasteiger partial charge in [-0.1, -0.05) is 50.6 Å². The molecule has 0 aliphatic heterocycles. The zero-order valence-electron chi connectivity index (χ0n) is 14.6. The summed E-state index contributed by atoms with van der Waals surface area (Å²) in [5.74, 6) is 0.0298. The second-order valence-electron chi connectivity index (χ2n) is 5.96. The molecule has 0 saturated carbocycles. The second kappa shape index (κ2) is 9.55. The van der Waals surface area contributed by atoms with E-state index in [2.05, 4.69) is 43.1 Å². The van der Waals surface area contributed by atoms with Crippen LogP contribution in [0.5, 0.6) is 0 Å². The number of carbonyl (C=O) groups is 1. The van der Waals surface area contributed by atoms with E-state index in [4.69, 9.17) is 5.73 Å². The van der Waals surface area contributed by atoms with Crippen molar-refractivity contribution in [3.63, 3.8) is 0 Å². The quantitative estimate of drug-likeness (QED) is 0.750. The van der Waals surface area contributed by atoms with Crippen LogP contribution in [0.2, 0.25) is 0 Å². The Bertz CT molecular complexity index is 627. The molecular weight excluding hydrogens is 318 g/mol. The van der Waals surface area contributed by atoms with Crippen LogP contribution >= 0.6 is 11.3 Å². The lowest BCUT2D eigenvalue weighted by Gasteiger charge is -2.31. The number of nitrogens with two attached hydrogens (primary N) is 1. The van der Waals surface area contributed by atoms with E-state index in [1.165, 1.54) is 16.9 Å². The van der Waals surface area contributed by atoms with Gasteiger partial charge in [0.25, 0.3) is 5.91 Å². The summed E-state index contributed by atoms with van der Waals surface area (Å²) >= 11 is 1.46. The highest BCUT2D eigenvalue weighted by Gasteiger charge is 2.25. The number of hydrogen-bond acceptors (Lipinski definition) is 4. The van der Waals surface area contributed by atoms with Crippen LogP contribution < -0.4 is 5.73 Å². The van der Waals surface area contributed by atoms with Gasteiger partial charge in [-0.2, -0.15) is 0 Å². The molecule has 130 valence electrons. The molecule has 0 saturated heterocycles. The van der Waals surface area contributed by atoms with Crippen LogP contribution in [0, 0.1) is 0 Å². The van der Waals surface area contributed by atoms with Crippen molar-refractivity contribution in [2.45, 2.75) is 52.1 Å². The molecule has 24 heavy (non-hydrogen) atoms. The average Bonchev–Trinajstić information content (AvgIpc) is 3.09. The van der Waals surface area contributed by atoms with Gasteiger partial charge in [0, 0.05) is 24.5 Å². The van der Waals surface area contributed by atoms with E-state index in [0.717, 1.165) is 37.2 Å². The molecule has 2 aromatic rings. The Labute approximate surface area is 148 Å². The van der Waals surface area contributed by atoms with Gasteiger partial charge in [0.05, 0.1) is 0 Å². The molecule has 2 N–H and O–H groups in total. The molecule has 0 aliphatic carbocycles. The summed E-state index contributed by atoms with van der Waals surface area (Å²) in [5, 5.41) is 2.64. The van der Waals surface area contributed by atoms with Crippen molar-refractivity contribution >= 4 is 17.2 Å². The van der Waals surface area contributed by atoms with E-state index in [9.17, 15) is 4.79 Å². The minimum absolute atomic E-state index is 0.0298. The Morgan fingerprint density at radius 1 is 1.25 bits per heavy atom. The van der Waals surface area contributed by atoms with Gasteiger partial charge in [0.1, 0.15) is 10.7 Å². The number of nitrogens with zero attached hydrogens (tertiary/aromatic N) is 2. The number of benzene rings is 1. The predicted molar refractivity (Wildman–Crippen MR) is 100 cm³/mol. The third-order valence-electron chi connectivity index (χ3n) is 4.05. The molecule has 5 heteroatoms. The van der Waals surface area contributed by atoms with Crippen molar-refractivity contribution in [2.75, 3.05) is 6.54 Å². The van der Waals surface area contributed by atoms with Crippen LogP contribution in [-0.2, 0) is 13.0 Å². The fourth-order valence-corrected chi connectivity index (χ4v) is 3.58. The summed E-state index contributed by atoms with van der Waals surface area (Å²) in [6.07, 6.45) is 3.87. The lowest BCUT2D eigenvalue weighted by molar-refractivity contribution is 0.0661. The maximum Gasteiger partial charge on any atom is 0.273 e. The lowest BCUT2D eigenvalue weighted by Crippen LogP contribution is -2.42. The summed E-state index contributed by atoms with van der Waals surface area (Å²) in [7, 11) is 0. The number of carbonyl (C=O) groups excluding carboxylic acids is 1. The van der Waals surface area contributed by atoms with Gasteiger partial charge in [-0.15, -0.1) is 11.3 Å². The molecule has 0 bridgehead atoms. The summed E-state index contributed by atoms with van der Waals surface area (Å²) in [4.78, 5) is 19.4. The monoisotopic (exact) mass is 345 g/mol. The second-order valence-corrected chi connectivity index (χ2v) is 6.90. The first-order valence-corrected chi connectivity index (χ1v) is 9.56. The summed E-state index contributed by atoms with van der Waals surface area (Å²) < 4.78 is 0. The zero-order chi connectivity index (χ0) is 17.4. The minimum Gasteiger partial charge on any atom is -0.334 e. The van der Waals surface area contributed by atoms with E-state index in [-0.39, 0.29) is 11.9 Å². The lowest BCUT2D eigenvalue weighted by atomic mass is 10.00. The van der Waals surface area contributed by atoms with E-state index >= 15 is 0 Å². The maximum absolute atomic E-state index is 13.0. The van der Waals surface area contributed by atoms with Crippen molar-refractivity contribution in [2.24, 2.45) is 5.73 Å². The van der Waals surface area contributed by atoms with Crippen molar-refractivity contribution in [1.82, 2.24) is 9.88 Å². The number of hydrogen-bond donors (Lipinski definition) is 1. The highest BCUT2D eigenvalue weighted by Crippen LogP contribution is 2.19. The molecule has 1 aromatic carbocycles. The van der Waals surface area contributed by atoms with Gasteiger partial charge in [-0.3, -0.25) is 4.79 Å². The van der Waals surface area contributed by atoms with E-state index < -0.39 is 0 Å². The smallest absolute Gasteiger partial charge is 0.273 e. The van der Waals surface area contributed by atoms with Crippen molar-refractivity contribution in [1.29, 1.82) is 0 Å². The van der Waals surface area contributed by atoms with Crippen LogP contribution in [0.1, 0.15) is 54.2 Å².